The predicted molar refractivity (Wildman–Crippen MR) is 469 cm³/mol. The van der Waals surface area contributed by atoms with Crippen LogP contribution in [-0.2, 0) is 15.6 Å². The summed E-state index contributed by atoms with van der Waals surface area (Å²) >= 11 is 5.44. The Hall–Kier alpha value is -9.99. The Bertz CT molecular complexity index is 4700. The number of aromatic nitrogens is 8. The van der Waals surface area contributed by atoms with E-state index in [1.807, 2.05) is 172 Å². The standard InChI is InChI=1S/C27H33N5O3.C19H23N3O.C14H16N2O3.C13H11N3O.C6H13Cl.C6H15N.C4H8O.CH3F.Na.H2O/c1-5-6-7-8-15-34-21-13-14-23-22(16-21)28-18-32(23)20-11-9-19(10-12-20)29-26(33)30-25-17-24(35-31-25)27(2,3)4;1-2-3-4-5-12-23-17-10-11-19-18(13-17)21-14-22(19)16-8-6-15(20)7-9-16;1-14(2,3)11-9-12(16-19-11)15-13(17)18-10-7-5-4-6-8-10;14-9-1-3-10(4-2-9)16-8-15-12-7-11(17)5-6-13(12)16;1-2-3-4-5-6-7;1-4-7(5-2)6-3;1-2-4-5-3-1;1-2;;/h9-14,16-18H,5-8,15H2,1-4H3,(H2,29,30,31,33);6-11,13-14H,2-5,12,20H2,1H3;4-9H,1-3H3,(H,15,16,17);1-8,17H,14H2;2-6H2,1H3;4-6H2,1-3H3;1-4H2;1H3;;1H2/q;;;;;;;;+1;/p-1/i;;;;;;;1D;;. The molecule has 1 saturated heterocycles. The topological polar surface area (TPSA) is 318 Å². The van der Waals surface area contributed by atoms with Gasteiger partial charge in [-0.1, -0.05) is 169 Å². The molecule has 13 rings (SSSR count). The molecule has 1 fully saturated rings. The van der Waals surface area contributed by atoms with Crippen LogP contribution in [0.2, 0.25) is 0 Å². The first-order chi connectivity index (χ1) is 56.0. The summed E-state index contributed by atoms with van der Waals surface area (Å²) in [6.45, 7) is 32.3. The van der Waals surface area contributed by atoms with Crippen LogP contribution in [0.1, 0.15) is 186 Å². The second kappa shape index (κ2) is 54.1. The number of alkyl halides is 2. The van der Waals surface area contributed by atoms with Gasteiger partial charge < -0.3 is 60.3 Å². The third-order valence-corrected chi connectivity index (χ3v) is 18.2. The fourth-order valence-corrected chi connectivity index (χ4v) is 11.5. The van der Waals surface area contributed by atoms with Crippen LogP contribution in [0.3, 0.4) is 0 Å². The Morgan fingerprint density at radius 3 is 1.31 bits per heavy atom. The van der Waals surface area contributed by atoms with Crippen molar-refractivity contribution >= 4 is 85.5 Å². The summed E-state index contributed by atoms with van der Waals surface area (Å²) < 4.78 is 53.7. The van der Waals surface area contributed by atoms with Gasteiger partial charge >= 0.3 is 41.7 Å². The second-order valence-electron chi connectivity index (χ2n) is 29.1. The summed E-state index contributed by atoms with van der Waals surface area (Å²) in [6, 6.07) is 51.9. The van der Waals surface area contributed by atoms with Crippen molar-refractivity contribution in [2.24, 2.45) is 0 Å². The first-order valence-electron chi connectivity index (χ1n) is 40.6. The fraction of sp³-hybridized carbons (Fsp3) is 0.411. The Morgan fingerprint density at radius 1 is 0.530 bits per heavy atom. The number of benzene rings is 7. The van der Waals surface area contributed by atoms with Gasteiger partial charge in [-0.2, -0.15) is 0 Å². The number of nitrogens with two attached hydrogens (primary N) is 2. The van der Waals surface area contributed by atoms with E-state index < -0.39 is 13.2 Å². The number of carbonyl (C=O) groups excluding carboxylic acids is 2. The minimum absolute atomic E-state index is 0. The van der Waals surface area contributed by atoms with Crippen LogP contribution in [0.15, 0.2) is 198 Å². The number of imidazole rings is 3. The third kappa shape index (κ3) is 35.0. The molecular formula is C90H123ClFN14NaO10. The van der Waals surface area contributed by atoms with Gasteiger partial charge in [-0.15, -0.1) is 11.6 Å². The molecular weight excluding hydrogens is 1510 g/mol. The summed E-state index contributed by atoms with van der Waals surface area (Å²) in [4.78, 5) is 39.6. The number of hydrogen-bond acceptors (Lipinski definition) is 18. The minimum Gasteiger partial charge on any atom is -0.870 e. The first kappa shape index (κ1) is 97.6. The van der Waals surface area contributed by atoms with Crippen molar-refractivity contribution in [3.8, 4) is 40.1 Å². The van der Waals surface area contributed by atoms with Crippen molar-refractivity contribution in [2.45, 2.75) is 184 Å². The van der Waals surface area contributed by atoms with Gasteiger partial charge in [-0.25, -0.2) is 24.5 Å². The van der Waals surface area contributed by atoms with Crippen molar-refractivity contribution in [1.82, 2.24) is 43.9 Å². The number of rotatable bonds is 26. The maximum Gasteiger partial charge on any atom is 1.00 e. The van der Waals surface area contributed by atoms with E-state index >= 15 is 0 Å². The minimum atomic E-state index is -1.00. The number of para-hydroxylation sites is 1. The number of hydrogen-bond donors (Lipinski definition) is 6. The molecule has 1 aliphatic rings. The van der Waals surface area contributed by atoms with E-state index in [0.29, 0.717) is 34.6 Å². The number of nitrogens with one attached hydrogen (secondary N) is 3. The van der Waals surface area contributed by atoms with Crippen LogP contribution in [-0.4, -0.2) is 126 Å². The number of amides is 3. The number of anilines is 5. The monoisotopic (exact) mass is 1640 g/mol. The van der Waals surface area contributed by atoms with E-state index in [1.165, 1.54) is 96.7 Å². The molecule has 0 bridgehead atoms. The molecule has 7 aromatic carbocycles. The summed E-state index contributed by atoms with van der Waals surface area (Å²) in [5, 5.41) is 25.1. The summed E-state index contributed by atoms with van der Waals surface area (Å²) in [6.07, 6.45) is 22.0. The summed E-state index contributed by atoms with van der Waals surface area (Å²) in [5.41, 5.74) is 21.8. The first-order valence-corrected chi connectivity index (χ1v) is 40.5. The Kier molecular flexibility index (Phi) is 45.1. The maximum absolute atomic E-state index is 12.4. The molecule has 3 amide bonds. The average molecular weight is 1640 g/mol. The number of phenolic OH excluding ortho intramolecular Hbond substituents is 1. The number of ether oxygens (including phenoxy) is 4. The van der Waals surface area contributed by atoms with E-state index in [2.05, 4.69) is 98.3 Å². The van der Waals surface area contributed by atoms with Crippen molar-refractivity contribution in [1.29, 1.82) is 0 Å². The molecule has 0 atom stereocenters. The predicted octanol–water partition coefficient (Wildman–Crippen LogP) is 19.7. The van der Waals surface area contributed by atoms with Gasteiger partial charge in [0.1, 0.15) is 53.5 Å². The number of phenols is 1. The molecule has 24 nitrogen and oxygen atoms in total. The van der Waals surface area contributed by atoms with Crippen LogP contribution in [0, 0.1) is 0 Å². The zero-order valence-electron chi connectivity index (χ0n) is 71.8. The molecule has 6 heterocycles. The van der Waals surface area contributed by atoms with Gasteiger partial charge in [0.2, 0.25) is 0 Å². The van der Waals surface area contributed by atoms with E-state index in [0.717, 1.165) is 118 Å². The zero-order chi connectivity index (χ0) is 84.1. The number of nitrogen functional groups attached to an aromatic ring is 2. The van der Waals surface area contributed by atoms with E-state index in [1.54, 1.807) is 61.2 Å². The molecule has 0 unspecified atom stereocenters. The van der Waals surface area contributed by atoms with Gasteiger partial charge in [0.05, 0.1) is 54.8 Å². The van der Waals surface area contributed by atoms with Crippen LogP contribution >= 0.6 is 11.6 Å². The molecule has 0 radical (unpaired) electrons. The van der Waals surface area contributed by atoms with Gasteiger partial charge in [-0.3, -0.25) is 28.7 Å². The summed E-state index contributed by atoms with van der Waals surface area (Å²) in [5.74, 6) is 5.37. The second-order valence-corrected chi connectivity index (χ2v) is 29.5. The van der Waals surface area contributed by atoms with Gasteiger partial charge in [0.15, 0.2) is 11.6 Å². The van der Waals surface area contributed by atoms with E-state index in [-0.39, 0.29) is 57.6 Å². The SMILES string of the molecule is C1CCOC1.CC(C)(C)c1cc(NC(=O)Oc2ccccc2)no1.CCCCCCCl.CCCCCCOc1ccc2c(c1)ncn2-c1ccc(N)cc1.CCCCCCOc1ccc2c(c1)ncn2-c1ccc(NC(=O)Nc2cc(C(C)(C)C)on2)cc1.CCN(CC)CC.Nc1ccc(-n2cnc3cc(O)ccc32)cc1.[2H]CF.[Na+].[OH-]. The molecule has 27 heteroatoms. The van der Waals surface area contributed by atoms with Gasteiger partial charge in [0.25, 0.3) is 0 Å². The number of unbranched alkanes of at least 4 members (excludes halogenated alkanes) is 9. The molecule has 1 aliphatic heterocycles. The van der Waals surface area contributed by atoms with Crippen molar-refractivity contribution in [3.05, 3.63) is 200 Å². The van der Waals surface area contributed by atoms with Gasteiger partial charge in [-0.05, 0) is 173 Å². The van der Waals surface area contributed by atoms with Crippen molar-refractivity contribution in [3.63, 3.8) is 0 Å². The molecule has 12 aromatic rings. The van der Waals surface area contributed by atoms with Crippen molar-refractivity contribution < 1.29 is 83.5 Å². The fourth-order valence-electron chi connectivity index (χ4n) is 11.3. The Morgan fingerprint density at radius 2 is 0.932 bits per heavy atom. The largest absolute Gasteiger partial charge is 1.00 e. The zero-order valence-corrected chi connectivity index (χ0v) is 73.5. The van der Waals surface area contributed by atoms with Gasteiger partial charge in [0, 0.05) is 94.4 Å². The molecule has 0 saturated carbocycles. The van der Waals surface area contributed by atoms with Crippen LogP contribution in [0.25, 0.3) is 50.2 Å². The molecule has 0 aliphatic carbocycles. The quantitative estimate of drug-likeness (QED) is 0.0127. The van der Waals surface area contributed by atoms with E-state index in [9.17, 15) is 19.1 Å². The summed E-state index contributed by atoms with van der Waals surface area (Å²) in [7, 11) is -1.00. The maximum atomic E-state index is 12.4. The Labute approximate surface area is 718 Å². The van der Waals surface area contributed by atoms with Crippen LogP contribution in [0.5, 0.6) is 23.0 Å². The van der Waals surface area contributed by atoms with Crippen molar-refractivity contribution in [2.75, 3.05) is 86.5 Å². The number of urea groups is 1. The van der Waals surface area contributed by atoms with Crippen LogP contribution < -0.4 is 71.2 Å². The number of nitrogens with zero attached hydrogens (tertiary/aromatic N) is 9. The van der Waals surface area contributed by atoms with E-state index in [4.69, 9.17) is 52.4 Å². The molecule has 628 valence electrons. The smallest absolute Gasteiger partial charge is 0.870 e. The number of halogens is 2. The third-order valence-electron chi connectivity index (χ3n) is 17.9. The average Bonchev–Trinajstić information content (AvgIpc) is 1.65. The normalized spacial score (nSPS) is 11.4. The number of fused-ring (bicyclic) bond motifs is 3. The molecule has 117 heavy (non-hydrogen) atoms. The van der Waals surface area contributed by atoms with Crippen LogP contribution in [0.4, 0.5) is 42.7 Å². The Balaban J connectivity index is 0.000000310. The number of carbonyl (C=O) groups is 2. The molecule has 9 N–H and O–H groups in total. The number of aromatic hydroxyl groups is 1. The molecule has 5 aromatic heterocycles. The molecule has 0 spiro atoms.